The largest absolute Gasteiger partial charge is 0.416 e. The molecule has 0 radical (unpaired) electrons. The molecule has 1 aliphatic carbocycles. The molecule has 1 saturated carbocycles. The van der Waals surface area contributed by atoms with Crippen LogP contribution in [0.1, 0.15) is 31.2 Å². The molecule has 9 heteroatoms. The van der Waals surface area contributed by atoms with E-state index >= 15 is 0 Å². The van der Waals surface area contributed by atoms with E-state index in [2.05, 4.69) is 10.0 Å². The molecule has 1 fully saturated rings. The average molecular weight is 517 g/mol. The van der Waals surface area contributed by atoms with E-state index in [-0.39, 0.29) is 29.2 Å². The van der Waals surface area contributed by atoms with Gasteiger partial charge in [0, 0.05) is 18.2 Å². The Balaban J connectivity index is 1.25. The Morgan fingerprint density at radius 3 is 1.97 bits per heavy atom. The van der Waals surface area contributed by atoms with Crippen LogP contribution in [0.3, 0.4) is 0 Å². The van der Waals surface area contributed by atoms with Crippen LogP contribution in [0.2, 0.25) is 0 Å². The third-order valence-corrected chi connectivity index (χ3v) is 7.97. The van der Waals surface area contributed by atoms with Crippen LogP contribution in [-0.4, -0.2) is 20.9 Å². The summed E-state index contributed by atoms with van der Waals surface area (Å²) in [5.74, 6) is -0.378. The zero-order valence-corrected chi connectivity index (χ0v) is 20.3. The number of hydrogen-bond acceptors (Lipinski definition) is 3. The van der Waals surface area contributed by atoms with E-state index in [0.717, 1.165) is 23.3 Å². The van der Waals surface area contributed by atoms with Gasteiger partial charge in [0.05, 0.1) is 10.5 Å². The standard InChI is InChI=1S/C27H27F3N2O3S/c28-27(29,30)23-12-14-24(15-13-23)32-26(33)22-8-6-19(7-9-22)18-31-36(34,35)25-16-10-21(11-17-25)20-4-2-1-3-5-20/h1-5,10-17,19,22,31H,6-9,18H2,(H,32,33). The van der Waals surface area contributed by atoms with Gasteiger partial charge in [0.25, 0.3) is 0 Å². The summed E-state index contributed by atoms with van der Waals surface area (Å²) in [6.45, 7) is 0.288. The monoisotopic (exact) mass is 516 g/mol. The van der Waals surface area contributed by atoms with Gasteiger partial charge in [0.1, 0.15) is 0 Å². The van der Waals surface area contributed by atoms with Crippen LogP contribution in [-0.2, 0) is 21.0 Å². The van der Waals surface area contributed by atoms with E-state index in [9.17, 15) is 26.4 Å². The van der Waals surface area contributed by atoms with Crippen molar-refractivity contribution in [3.05, 3.63) is 84.4 Å². The van der Waals surface area contributed by atoms with Crippen LogP contribution in [0.4, 0.5) is 18.9 Å². The number of nitrogens with one attached hydrogen (secondary N) is 2. The van der Waals surface area contributed by atoms with Crippen LogP contribution in [0, 0.1) is 11.8 Å². The van der Waals surface area contributed by atoms with Crippen molar-refractivity contribution in [2.24, 2.45) is 11.8 Å². The molecule has 0 aliphatic heterocycles. The van der Waals surface area contributed by atoms with E-state index < -0.39 is 21.8 Å². The molecule has 1 aliphatic rings. The SMILES string of the molecule is O=C(Nc1ccc(C(F)(F)F)cc1)C1CCC(CNS(=O)(=O)c2ccc(-c3ccccc3)cc2)CC1. The van der Waals surface area contributed by atoms with Gasteiger partial charge >= 0.3 is 6.18 Å². The lowest BCUT2D eigenvalue weighted by Crippen LogP contribution is -2.33. The number of carbonyl (C=O) groups is 1. The summed E-state index contributed by atoms with van der Waals surface area (Å²) in [7, 11) is -3.65. The van der Waals surface area contributed by atoms with Gasteiger partial charge in [-0.15, -0.1) is 0 Å². The molecule has 0 atom stereocenters. The number of alkyl halides is 3. The quantitative estimate of drug-likeness (QED) is 0.399. The van der Waals surface area contributed by atoms with Crippen LogP contribution >= 0.6 is 0 Å². The van der Waals surface area contributed by atoms with Crippen molar-refractivity contribution in [1.29, 1.82) is 0 Å². The topological polar surface area (TPSA) is 75.3 Å². The van der Waals surface area contributed by atoms with Gasteiger partial charge in [-0.1, -0.05) is 42.5 Å². The molecule has 190 valence electrons. The fourth-order valence-electron chi connectivity index (χ4n) is 4.38. The van der Waals surface area contributed by atoms with Gasteiger partial charge in [-0.25, -0.2) is 13.1 Å². The normalized spacial score (nSPS) is 18.5. The summed E-state index contributed by atoms with van der Waals surface area (Å²) >= 11 is 0. The van der Waals surface area contributed by atoms with Gasteiger partial charge in [-0.05, 0) is 79.1 Å². The number of carbonyl (C=O) groups excluding carboxylic acids is 1. The minimum Gasteiger partial charge on any atom is -0.326 e. The molecule has 2 N–H and O–H groups in total. The minimum absolute atomic E-state index is 0.110. The molecule has 5 nitrogen and oxygen atoms in total. The number of rotatable bonds is 7. The van der Waals surface area contributed by atoms with Gasteiger partial charge in [-0.2, -0.15) is 13.2 Å². The van der Waals surface area contributed by atoms with Crippen molar-refractivity contribution in [2.45, 2.75) is 36.8 Å². The molecular weight excluding hydrogens is 489 g/mol. The average Bonchev–Trinajstić information content (AvgIpc) is 2.88. The van der Waals surface area contributed by atoms with Crippen molar-refractivity contribution in [2.75, 3.05) is 11.9 Å². The second kappa shape index (κ2) is 10.8. The first-order chi connectivity index (χ1) is 17.1. The van der Waals surface area contributed by atoms with E-state index in [1.165, 1.54) is 12.1 Å². The molecular formula is C27H27F3N2O3S. The Morgan fingerprint density at radius 1 is 0.806 bits per heavy atom. The summed E-state index contributed by atoms with van der Waals surface area (Å²) < 4.78 is 66.2. The van der Waals surface area contributed by atoms with Crippen molar-refractivity contribution in [1.82, 2.24) is 4.72 Å². The van der Waals surface area contributed by atoms with Crippen molar-refractivity contribution in [3.8, 4) is 11.1 Å². The molecule has 0 saturated heterocycles. The van der Waals surface area contributed by atoms with Gasteiger partial charge in [0.15, 0.2) is 0 Å². The summed E-state index contributed by atoms with van der Waals surface area (Å²) in [6.07, 6.45) is -1.88. The molecule has 3 aromatic carbocycles. The first-order valence-electron chi connectivity index (χ1n) is 11.7. The predicted octanol–water partition coefficient (Wildman–Crippen LogP) is 6.10. The Bertz CT molecular complexity index is 1270. The molecule has 0 heterocycles. The highest BCUT2D eigenvalue weighted by Crippen LogP contribution is 2.32. The summed E-state index contributed by atoms with van der Waals surface area (Å²) in [6, 6.07) is 20.8. The van der Waals surface area contributed by atoms with Gasteiger partial charge in [0.2, 0.25) is 15.9 Å². The zero-order valence-electron chi connectivity index (χ0n) is 19.5. The number of sulfonamides is 1. The highest BCUT2D eigenvalue weighted by molar-refractivity contribution is 7.89. The number of anilines is 1. The Hall–Kier alpha value is -3.17. The third-order valence-electron chi connectivity index (χ3n) is 6.53. The molecule has 1 amide bonds. The number of hydrogen-bond donors (Lipinski definition) is 2. The van der Waals surface area contributed by atoms with E-state index in [1.54, 1.807) is 24.3 Å². The van der Waals surface area contributed by atoms with Crippen molar-refractivity contribution < 1.29 is 26.4 Å². The molecule has 4 rings (SSSR count). The molecule has 0 unspecified atom stereocenters. The minimum atomic E-state index is -4.42. The zero-order chi connectivity index (χ0) is 25.8. The molecule has 3 aromatic rings. The number of benzene rings is 3. The smallest absolute Gasteiger partial charge is 0.326 e. The fraction of sp³-hybridized carbons (Fsp3) is 0.296. The molecule has 0 spiro atoms. The fourth-order valence-corrected chi connectivity index (χ4v) is 5.50. The van der Waals surface area contributed by atoms with Gasteiger partial charge < -0.3 is 5.32 Å². The maximum atomic E-state index is 12.7. The van der Waals surface area contributed by atoms with Crippen LogP contribution in [0.5, 0.6) is 0 Å². The molecule has 36 heavy (non-hydrogen) atoms. The van der Waals surface area contributed by atoms with Gasteiger partial charge in [-0.3, -0.25) is 4.79 Å². The first kappa shape index (κ1) is 25.9. The van der Waals surface area contributed by atoms with Crippen molar-refractivity contribution in [3.63, 3.8) is 0 Å². The number of halogens is 3. The number of amides is 1. The lowest BCUT2D eigenvalue weighted by atomic mass is 9.81. The van der Waals surface area contributed by atoms with Crippen LogP contribution in [0.25, 0.3) is 11.1 Å². The van der Waals surface area contributed by atoms with Crippen LogP contribution in [0.15, 0.2) is 83.8 Å². The maximum Gasteiger partial charge on any atom is 0.416 e. The summed E-state index contributed by atoms with van der Waals surface area (Å²) in [4.78, 5) is 12.7. The van der Waals surface area contributed by atoms with Crippen molar-refractivity contribution >= 4 is 21.6 Å². The highest BCUT2D eigenvalue weighted by Gasteiger charge is 2.30. The lowest BCUT2D eigenvalue weighted by Gasteiger charge is -2.28. The molecule has 0 bridgehead atoms. The first-order valence-corrected chi connectivity index (χ1v) is 13.2. The lowest BCUT2D eigenvalue weighted by molar-refractivity contribution is -0.137. The Kier molecular flexibility index (Phi) is 7.80. The molecule has 0 aromatic heterocycles. The predicted molar refractivity (Wildman–Crippen MR) is 133 cm³/mol. The Labute approximate surface area is 208 Å². The van der Waals surface area contributed by atoms with E-state index in [4.69, 9.17) is 0 Å². The highest BCUT2D eigenvalue weighted by atomic mass is 32.2. The van der Waals surface area contributed by atoms with E-state index in [0.29, 0.717) is 31.4 Å². The Morgan fingerprint density at radius 2 is 1.39 bits per heavy atom. The second-order valence-corrected chi connectivity index (χ2v) is 10.8. The summed E-state index contributed by atoms with van der Waals surface area (Å²) in [5, 5.41) is 2.68. The van der Waals surface area contributed by atoms with E-state index in [1.807, 2.05) is 30.3 Å². The van der Waals surface area contributed by atoms with Crippen LogP contribution < -0.4 is 10.0 Å². The summed E-state index contributed by atoms with van der Waals surface area (Å²) in [5.41, 5.74) is 1.49. The second-order valence-electron chi connectivity index (χ2n) is 9.02. The maximum absolute atomic E-state index is 12.7. The third kappa shape index (κ3) is 6.53.